The number of nitrogens with one attached hydrogen (secondary N) is 2. The van der Waals surface area contributed by atoms with Crippen LogP contribution in [0.2, 0.25) is 0 Å². The summed E-state index contributed by atoms with van der Waals surface area (Å²) in [6.07, 6.45) is 5.32. The third-order valence-electron chi connectivity index (χ3n) is 4.15. The summed E-state index contributed by atoms with van der Waals surface area (Å²) in [6.45, 7) is 3.33. The maximum absolute atomic E-state index is 5.43. The van der Waals surface area contributed by atoms with E-state index in [0.717, 1.165) is 34.4 Å². The maximum atomic E-state index is 5.43. The van der Waals surface area contributed by atoms with E-state index in [2.05, 4.69) is 33.7 Å². The number of nitrogen functional groups attached to an aromatic ring is 1. The van der Waals surface area contributed by atoms with Crippen LogP contribution < -0.4 is 16.6 Å². The van der Waals surface area contributed by atoms with Gasteiger partial charge in [-0.15, -0.1) is 11.3 Å². The fraction of sp³-hybridized carbons (Fsp3) is 0.571. The minimum Gasteiger partial charge on any atom is -0.369 e. The summed E-state index contributed by atoms with van der Waals surface area (Å²) in [7, 11) is 0. The van der Waals surface area contributed by atoms with Crippen LogP contribution in [0.15, 0.2) is 11.4 Å². The molecule has 0 saturated heterocycles. The monoisotopic (exact) mass is 291 g/mol. The lowest BCUT2D eigenvalue weighted by Gasteiger charge is -2.26. The minimum atomic E-state index is 0.472. The molecule has 6 heteroatoms. The summed E-state index contributed by atoms with van der Waals surface area (Å²) in [4.78, 5) is 9.76. The zero-order chi connectivity index (χ0) is 13.9. The van der Waals surface area contributed by atoms with E-state index in [4.69, 9.17) is 5.84 Å². The van der Waals surface area contributed by atoms with Crippen LogP contribution in [0.5, 0.6) is 0 Å². The van der Waals surface area contributed by atoms with Crippen LogP contribution in [-0.2, 0) is 0 Å². The molecule has 1 aliphatic rings. The van der Waals surface area contributed by atoms with Gasteiger partial charge in [0.05, 0.1) is 5.39 Å². The zero-order valence-electron chi connectivity index (χ0n) is 11.7. The molecule has 0 aliphatic heterocycles. The minimum absolute atomic E-state index is 0.472. The van der Waals surface area contributed by atoms with E-state index in [-0.39, 0.29) is 0 Å². The number of nitrogens with zero attached hydrogens (tertiary/aromatic N) is 2. The summed E-state index contributed by atoms with van der Waals surface area (Å²) < 4.78 is 0. The Labute approximate surface area is 123 Å². The molecule has 1 aliphatic carbocycles. The van der Waals surface area contributed by atoms with Gasteiger partial charge < -0.3 is 5.32 Å². The highest BCUT2D eigenvalue weighted by atomic mass is 32.1. The van der Waals surface area contributed by atoms with Crippen molar-refractivity contribution in [3.05, 3.63) is 11.4 Å². The van der Waals surface area contributed by atoms with Gasteiger partial charge in [-0.2, -0.15) is 4.98 Å². The largest absolute Gasteiger partial charge is 0.369 e. The number of hydrogen-bond acceptors (Lipinski definition) is 6. The summed E-state index contributed by atoms with van der Waals surface area (Å²) >= 11 is 1.61. The Balaban J connectivity index is 1.71. The number of anilines is 2. The highest BCUT2D eigenvalue weighted by Crippen LogP contribution is 2.30. The third kappa shape index (κ3) is 2.86. The molecule has 2 aromatic rings. The Morgan fingerprint density at radius 2 is 2.10 bits per heavy atom. The van der Waals surface area contributed by atoms with Crippen LogP contribution in [0.3, 0.4) is 0 Å². The Kier molecular flexibility index (Phi) is 4.03. The SMILES string of the molecule is CC1CCC(CNc2nc(NN)nc3sccc23)CC1. The first-order valence-corrected chi connectivity index (χ1v) is 8.10. The quantitative estimate of drug-likeness (QED) is 0.595. The molecule has 20 heavy (non-hydrogen) atoms. The van der Waals surface area contributed by atoms with Crippen molar-refractivity contribution in [2.24, 2.45) is 17.7 Å². The topological polar surface area (TPSA) is 75.9 Å². The fourth-order valence-electron chi connectivity index (χ4n) is 2.83. The molecule has 0 spiro atoms. The smallest absolute Gasteiger partial charge is 0.240 e. The lowest BCUT2D eigenvalue weighted by atomic mass is 9.83. The molecule has 2 aromatic heterocycles. The summed E-state index contributed by atoms with van der Waals surface area (Å²) in [5.74, 6) is 8.44. The predicted octanol–water partition coefficient (Wildman–Crippen LogP) is 3.22. The first-order valence-electron chi connectivity index (χ1n) is 7.22. The lowest BCUT2D eigenvalue weighted by molar-refractivity contribution is 0.300. The van der Waals surface area contributed by atoms with Gasteiger partial charge in [0.2, 0.25) is 5.95 Å². The highest BCUT2D eigenvalue weighted by Gasteiger charge is 2.18. The van der Waals surface area contributed by atoms with Crippen LogP contribution in [0.1, 0.15) is 32.6 Å². The van der Waals surface area contributed by atoms with Crippen LogP contribution in [0.25, 0.3) is 10.2 Å². The van der Waals surface area contributed by atoms with E-state index in [1.165, 1.54) is 25.7 Å². The van der Waals surface area contributed by atoms with E-state index in [9.17, 15) is 0 Å². The molecular weight excluding hydrogens is 270 g/mol. The molecule has 0 aromatic carbocycles. The average Bonchev–Trinajstić information content (AvgIpc) is 2.94. The molecule has 0 unspecified atom stereocenters. The molecule has 0 radical (unpaired) electrons. The van der Waals surface area contributed by atoms with E-state index < -0.39 is 0 Å². The van der Waals surface area contributed by atoms with Crippen molar-refractivity contribution < 1.29 is 0 Å². The van der Waals surface area contributed by atoms with Crippen molar-refractivity contribution in [1.29, 1.82) is 0 Å². The summed E-state index contributed by atoms with van der Waals surface area (Å²) in [5.41, 5.74) is 2.54. The van der Waals surface area contributed by atoms with Crippen molar-refractivity contribution in [2.45, 2.75) is 32.6 Å². The first kappa shape index (κ1) is 13.6. The van der Waals surface area contributed by atoms with Gasteiger partial charge in [-0.05, 0) is 36.1 Å². The van der Waals surface area contributed by atoms with Gasteiger partial charge in [-0.25, -0.2) is 10.8 Å². The highest BCUT2D eigenvalue weighted by molar-refractivity contribution is 7.16. The third-order valence-corrected chi connectivity index (χ3v) is 4.95. The lowest BCUT2D eigenvalue weighted by Crippen LogP contribution is -2.21. The van der Waals surface area contributed by atoms with Crippen molar-refractivity contribution in [1.82, 2.24) is 9.97 Å². The van der Waals surface area contributed by atoms with Crippen molar-refractivity contribution >= 4 is 33.3 Å². The van der Waals surface area contributed by atoms with Crippen molar-refractivity contribution in [2.75, 3.05) is 17.3 Å². The number of hydrogen-bond donors (Lipinski definition) is 3. The van der Waals surface area contributed by atoms with Gasteiger partial charge in [0.25, 0.3) is 0 Å². The molecular formula is C14H21N5S. The fourth-order valence-corrected chi connectivity index (χ4v) is 3.59. The second-order valence-corrected chi connectivity index (χ2v) is 6.58. The van der Waals surface area contributed by atoms with E-state index in [1.54, 1.807) is 11.3 Å². The Hall–Kier alpha value is -1.40. The molecule has 3 rings (SSSR count). The number of aromatic nitrogens is 2. The van der Waals surface area contributed by atoms with E-state index in [1.807, 2.05) is 5.38 Å². The first-order chi connectivity index (χ1) is 9.76. The van der Waals surface area contributed by atoms with Gasteiger partial charge in [0.1, 0.15) is 10.6 Å². The predicted molar refractivity (Wildman–Crippen MR) is 84.8 cm³/mol. The molecule has 5 nitrogen and oxygen atoms in total. The summed E-state index contributed by atoms with van der Waals surface area (Å²) in [5, 5.41) is 6.61. The molecule has 0 atom stereocenters. The molecule has 2 heterocycles. The number of thiophene rings is 1. The average molecular weight is 291 g/mol. The molecule has 1 fully saturated rings. The van der Waals surface area contributed by atoms with Crippen LogP contribution in [-0.4, -0.2) is 16.5 Å². The molecule has 0 amide bonds. The molecule has 1 saturated carbocycles. The van der Waals surface area contributed by atoms with E-state index >= 15 is 0 Å². The standard InChI is InChI=1S/C14H21N5S/c1-9-2-4-10(5-3-9)8-16-12-11-6-7-20-13(11)18-14(17-12)19-15/h6-7,9-10H,2-5,8,15H2,1H3,(H2,16,17,18,19). The number of fused-ring (bicyclic) bond motifs is 1. The van der Waals surface area contributed by atoms with Gasteiger partial charge in [-0.1, -0.05) is 19.8 Å². The summed E-state index contributed by atoms with van der Waals surface area (Å²) in [6, 6.07) is 2.06. The second kappa shape index (κ2) is 5.93. The maximum Gasteiger partial charge on any atom is 0.240 e. The normalized spacial score (nSPS) is 22.9. The molecule has 108 valence electrons. The number of hydrazine groups is 1. The van der Waals surface area contributed by atoms with Gasteiger partial charge in [0, 0.05) is 6.54 Å². The Morgan fingerprint density at radius 1 is 1.30 bits per heavy atom. The second-order valence-electron chi connectivity index (χ2n) is 5.69. The molecule has 4 N–H and O–H groups in total. The Morgan fingerprint density at radius 3 is 2.85 bits per heavy atom. The van der Waals surface area contributed by atoms with E-state index in [0.29, 0.717) is 5.95 Å². The van der Waals surface area contributed by atoms with Crippen molar-refractivity contribution in [3.8, 4) is 0 Å². The van der Waals surface area contributed by atoms with Crippen LogP contribution in [0, 0.1) is 11.8 Å². The Bertz CT molecular complexity index is 574. The van der Waals surface area contributed by atoms with Crippen molar-refractivity contribution in [3.63, 3.8) is 0 Å². The zero-order valence-corrected chi connectivity index (χ0v) is 12.5. The van der Waals surface area contributed by atoms with Gasteiger partial charge >= 0.3 is 0 Å². The van der Waals surface area contributed by atoms with Gasteiger partial charge in [0.15, 0.2) is 0 Å². The van der Waals surface area contributed by atoms with Crippen LogP contribution in [0.4, 0.5) is 11.8 Å². The van der Waals surface area contributed by atoms with Gasteiger partial charge in [-0.3, -0.25) is 5.43 Å². The molecule has 0 bridgehead atoms. The van der Waals surface area contributed by atoms with Crippen LogP contribution >= 0.6 is 11.3 Å². The number of nitrogens with two attached hydrogens (primary N) is 1. The number of rotatable bonds is 4.